The van der Waals surface area contributed by atoms with Gasteiger partial charge < -0.3 is 10.2 Å². The van der Waals surface area contributed by atoms with E-state index in [1.54, 1.807) is 6.07 Å². The summed E-state index contributed by atoms with van der Waals surface area (Å²) >= 11 is 3.12. The lowest BCUT2D eigenvalue weighted by Gasteiger charge is -1.95. The Morgan fingerprint density at radius 2 is 1.95 bits per heavy atom. The van der Waals surface area contributed by atoms with Gasteiger partial charge in [0, 0.05) is 10.9 Å². The van der Waals surface area contributed by atoms with E-state index in [0.29, 0.717) is 16.5 Å². The van der Waals surface area contributed by atoms with Gasteiger partial charge in [-0.25, -0.2) is 0 Å². The van der Waals surface area contributed by atoms with Crippen molar-refractivity contribution >= 4 is 21.9 Å². The molecule has 1 aromatic rings. The second-order valence-electron chi connectivity index (χ2n) is 4.33. The Labute approximate surface area is 128 Å². The maximum atomic E-state index is 10.0. The fourth-order valence-electron chi connectivity index (χ4n) is 1.47. The highest BCUT2D eigenvalue weighted by Gasteiger charge is 1.97. The van der Waals surface area contributed by atoms with Crippen molar-refractivity contribution in [3.63, 3.8) is 0 Å². The maximum absolute atomic E-state index is 10.0. The fraction of sp³-hybridized carbons (Fsp3) is 0.467. The van der Waals surface area contributed by atoms with Crippen LogP contribution in [0, 0.1) is 11.3 Å². The van der Waals surface area contributed by atoms with Crippen molar-refractivity contribution in [1.29, 1.82) is 5.26 Å². The zero-order chi connectivity index (χ0) is 15.4. The number of rotatable bonds is 6. The molecule has 0 bridgehead atoms. The van der Waals surface area contributed by atoms with Crippen molar-refractivity contribution in [3.05, 3.63) is 28.2 Å². The molecule has 110 valence electrons. The second-order valence-corrected chi connectivity index (χ2v) is 5.19. The highest BCUT2D eigenvalue weighted by Crippen LogP contribution is 2.20. The van der Waals surface area contributed by atoms with E-state index in [9.17, 15) is 4.79 Å². The van der Waals surface area contributed by atoms with Gasteiger partial charge in [0.05, 0.1) is 5.56 Å². The number of aromatic hydroxyl groups is 1. The average molecular weight is 342 g/mol. The van der Waals surface area contributed by atoms with Gasteiger partial charge in [-0.05, 0) is 40.5 Å². The molecule has 0 atom stereocenters. The van der Waals surface area contributed by atoms with Gasteiger partial charge >= 0.3 is 5.97 Å². The van der Waals surface area contributed by atoms with E-state index in [-0.39, 0.29) is 5.75 Å². The predicted molar refractivity (Wildman–Crippen MR) is 81.5 cm³/mol. The summed E-state index contributed by atoms with van der Waals surface area (Å²) in [7, 11) is 0. The first-order chi connectivity index (χ1) is 9.51. The van der Waals surface area contributed by atoms with Crippen molar-refractivity contribution in [2.24, 2.45) is 0 Å². The smallest absolute Gasteiger partial charge is 0.303 e. The number of carbonyl (C=O) groups is 1. The van der Waals surface area contributed by atoms with Crippen molar-refractivity contribution in [2.75, 3.05) is 0 Å². The van der Waals surface area contributed by atoms with Crippen LogP contribution in [0.5, 0.6) is 5.75 Å². The Hall–Kier alpha value is -1.54. The number of unbranched alkanes of at least 4 members (excludes halogenated alkanes) is 4. The molecule has 20 heavy (non-hydrogen) atoms. The number of phenols is 1. The van der Waals surface area contributed by atoms with Crippen molar-refractivity contribution in [1.82, 2.24) is 0 Å². The SMILES string of the molecule is CCCCCCCC(=O)O.N#Cc1ccc(O)cc1Br. The highest BCUT2D eigenvalue weighted by atomic mass is 79.9. The summed E-state index contributed by atoms with van der Waals surface area (Å²) in [4.78, 5) is 10.0. The van der Waals surface area contributed by atoms with Crippen LogP contribution in [-0.2, 0) is 4.79 Å². The average Bonchev–Trinajstić information content (AvgIpc) is 2.39. The zero-order valence-corrected chi connectivity index (χ0v) is 13.2. The summed E-state index contributed by atoms with van der Waals surface area (Å²) in [5, 5.41) is 25.6. The number of hydrogen-bond acceptors (Lipinski definition) is 3. The molecule has 0 heterocycles. The van der Waals surface area contributed by atoms with Gasteiger partial charge in [-0.2, -0.15) is 5.26 Å². The van der Waals surface area contributed by atoms with E-state index in [1.807, 2.05) is 6.07 Å². The van der Waals surface area contributed by atoms with Crippen LogP contribution in [-0.4, -0.2) is 16.2 Å². The molecule has 4 nitrogen and oxygen atoms in total. The Morgan fingerprint density at radius 1 is 1.30 bits per heavy atom. The van der Waals surface area contributed by atoms with E-state index >= 15 is 0 Å². The van der Waals surface area contributed by atoms with Crippen molar-refractivity contribution < 1.29 is 15.0 Å². The molecule has 0 spiro atoms. The zero-order valence-electron chi connectivity index (χ0n) is 11.6. The molecular weight excluding hydrogens is 322 g/mol. The molecule has 0 saturated carbocycles. The van der Waals surface area contributed by atoms with Crippen LogP contribution in [0.3, 0.4) is 0 Å². The number of carboxylic acid groups (broad SMARTS) is 1. The number of phenolic OH excluding ortho intramolecular Hbond substituents is 1. The number of halogens is 1. The molecular formula is C15H20BrNO3. The summed E-state index contributed by atoms with van der Waals surface area (Å²) in [5.41, 5.74) is 0.526. The van der Waals surface area contributed by atoms with E-state index in [4.69, 9.17) is 15.5 Å². The number of hydrogen-bond donors (Lipinski definition) is 2. The summed E-state index contributed by atoms with van der Waals surface area (Å²) in [5.74, 6) is -0.512. The number of aliphatic carboxylic acids is 1. The maximum Gasteiger partial charge on any atom is 0.303 e. The summed E-state index contributed by atoms with van der Waals surface area (Å²) < 4.78 is 0.620. The minimum absolute atomic E-state index is 0.158. The Kier molecular flexibility index (Phi) is 10.4. The van der Waals surface area contributed by atoms with Crippen LogP contribution in [0.4, 0.5) is 0 Å². The molecule has 0 aliphatic heterocycles. The largest absolute Gasteiger partial charge is 0.508 e. The quantitative estimate of drug-likeness (QED) is 0.748. The lowest BCUT2D eigenvalue weighted by Crippen LogP contribution is -1.93. The van der Waals surface area contributed by atoms with Gasteiger partial charge in [0.25, 0.3) is 0 Å². The molecule has 0 aromatic heterocycles. The summed E-state index contributed by atoms with van der Waals surface area (Å²) in [6.07, 6.45) is 5.88. The van der Waals surface area contributed by atoms with Gasteiger partial charge in [0.1, 0.15) is 11.8 Å². The van der Waals surface area contributed by atoms with Gasteiger partial charge in [-0.3, -0.25) is 4.79 Å². The van der Waals surface area contributed by atoms with E-state index in [2.05, 4.69) is 22.9 Å². The molecule has 2 N–H and O–H groups in total. The third-order valence-corrected chi connectivity index (χ3v) is 3.22. The number of nitrogens with zero attached hydrogens (tertiary/aromatic N) is 1. The Balaban J connectivity index is 0.000000361. The van der Waals surface area contributed by atoms with Crippen LogP contribution < -0.4 is 0 Å². The minimum Gasteiger partial charge on any atom is -0.508 e. The van der Waals surface area contributed by atoms with Crippen LogP contribution in [0.1, 0.15) is 51.0 Å². The standard InChI is InChI=1S/C8H16O2.C7H4BrNO/c1-2-3-4-5-6-7-8(9)10;8-7-3-6(10)2-1-5(7)4-9/h2-7H2,1H3,(H,9,10);1-3,10H. The predicted octanol–water partition coefficient (Wildman–Crippen LogP) is 4.46. The molecule has 0 radical (unpaired) electrons. The third-order valence-electron chi connectivity index (χ3n) is 2.57. The lowest BCUT2D eigenvalue weighted by molar-refractivity contribution is -0.137. The topological polar surface area (TPSA) is 81.3 Å². The van der Waals surface area contributed by atoms with Crippen molar-refractivity contribution in [2.45, 2.75) is 45.4 Å². The molecule has 0 aliphatic rings. The Bertz CT molecular complexity index is 455. The van der Waals surface area contributed by atoms with Crippen molar-refractivity contribution in [3.8, 4) is 11.8 Å². The molecule has 0 amide bonds. The lowest BCUT2D eigenvalue weighted by atomic mass is 10.1. The monoisotopic (exact) mass is 341 g/mol. The van der Waals surface area contributed by atoms with Gasteiger partial charge in [0.15, 0.2) is 0 Å². The first kappa shape index (κ1) is 18.5. The first-order valence-corrected chi connectivity index (χ1v) is 7.41. The van der Waals surface area contributed by atoms with Gasteiger partial charge in [-0.15, -0.1) is 0 Å². The molecule has 0 aliphatic carbocycles. The molecule has 1 rings (SSSR count). The summed E-state index contributed by atoms with van der Waals surface area (Å²) in [6.45, 7) is 2.15. The van der Waals surface area contributed by atoms with E-state index < -0.39 is 5.97 Å². The van der Waals surface area contributed by atoms with Gasteiger partial charge in [0.2, 0.25) is 0 Å². The highest BCUT2D eigenvalue weighted by molar-refractivity contribution is 9.10. The van der Waals surface area contributed by atoms with Crippen LogP contribution in [0.2, 0.25) is 0 Å². The van der Waals surface area contributed by atoms with Crippen LogP contribution in [0.25, 0.3) is 0 Å². The molecule has 5 heteroatoms. The number of carboxylic acids is 1. The van der Waals surface area contributed by atoms with E-state index in [1.165, 1.54) is 31.4 Å². The van der Waals surface area contributed by atoms with Crippen LogP contribution in [0.15, 0.2) is 22.7 Å². The number of benzene rings is 1. The third kappa shape index (κ3) is 9.40. The molecule has 0 saturated heterocycles. The first-order valence-electron chi connectivity index (χ1n) is 6.61. The van der Waals surface area contributed by atoms with Gasteiger partial charge in [-0.1, -0.05) is 32.6 Å². The number of nitriles is 1. The minimum atomic E-state index is -0.670. The summed E-state index contributed by atoms with van der Waals surface area (Å²) in [6, 6.07) is 6.48. The Morgan fingerprint density at radius 3 is 2.45 bits per heavy atom. The second kappa shape index (κ2) is 11.3. The molecule has 0 fully saturated rings. The molecule has 0 unspecified atom stereocenters. The molecule has 1 aromatic carbocycles. The van der Waals surface area contributed by atoms with E-state index in [0.717, 1.165) is 12.8 Å². The van der Waals surface area contributed by atoms with Crippen LogP contribution >= 0.6 is 15.9 Å². The fourth-order valence-corrected chi connectivity index (χ4v) is 1.93. The normalized spacial score (nSPS) is 9.25.